The Balaban J connectivity index is 2.22. The number of rotatable bonds is 6. The van der Waals surface area contributed by atoms with Crippen LogP contribution in [-0.2, 0) is 23.1 Å². The summed E-state index contributed by atoms with van der Waals surface area (Å²) in [6.45, 7) is 0.692. The van der Waals surface area contributed by atoms with Crippen LogP contribution in [0.2, 0.25) is 5.02 Å². The molecule has 0 aliphatic rings. The summed E-state index contributed by atoms with van der Waals surface area (Å²) in [7, 11) is -0.328. The summed E-state index contributed by atoms with van der Waals surface area (Å²) in [6.07, 6.45) is 1.51. The lowest BCUT2D eigenvalue weighted by Crippen LogP contribution is -2.28. The van der Waals surface area contributed by atoms with Gasteiger partial charge in [-0.3, -0.25) is 5.10 Å². The van der Waals surface area contributed by atoms with Crippen molar-refractivity contribution in [2.45, 2.75) is 18.1 Å². The van der Waals surface area contributed by atoms with Gasteiger partial charge in [0.15, 0.2) is 5.03 Å². The third-order valence-electron chi connectivity index (χ3n) is 3.03. The van der Waals surface area contributed by atoms with Crippen molar-refractivity contribution in [2.75, 3.05) is 14.1 Å². The summed E-state index contributed by atoms with van der Waals surface area (Å²) in [6, 6.07) is 7.07. The average molecular weight is 329 g/mol. The Morgan fingerprint density at radius 3 is 2.62 bits per heavy atom. The molecular formula is C13H17ClN4O2S. The number of sulfonamides is 1. The first-order valence-electron chi connectivity index (χ1n) is 6.32. The van der Waals surface area contributed by atoms with E-state index in [2.05, 4.69) is 15.5 Å². The van der Waals surface area contributed by atoms with Crippen molar-refractivity contribution in [3.05, 3.63) is 46.6 Å². The fourth-order valence-corrected chi connectivity index (χ4v) is 3.31. The van der Waals surface area contributed by atoms with Crippen LogP contribution in [0.5, 0.6) is 0 Å². The van der Waals surface area contributed by atoms with E-state index in [9.17, 15) is 8.42 Å². The van der Waals surface area contributed by atoms with Crippen LogP contribution in [0, 0.1) is 0 Å². The van der Waals surface area contributed by atoms with E-state index in [0.717, 1.165) is 5.56 Å². The maximum absolute atomic E-state index is 12.6. The van der Waals surface area contributed by atoms with Crippen LogP contribution in [0.4, 0.5) is 0 Å². The summed E-state index contributed by atoms with van der Waals surface area (Å²) >= 11 is 5.82. The zero-order chi connectivity index (χ0) is 15.5. The molecule has 0 radical (unpaired) electrons. The lowest BCUT2D eigenvalue weighted by molar-refractivity contribution is 0.462. The molecule has 21 heavy (non-hydrogen) atoms. The summed E-state index contributed by atoms with van der Waals surface area (Å²) in [5.41, 5.74) is 1.47. The average Bonchev–Trinajstić information content (AvgIpc) is 2.90. The zero-order valence-corrected chi connectivity index (χ0v) is 13.4. The fraction of sp³-hybridized carbons (Fsp3) is 0.308. The lowest BCUT2D eigenvalue weighted by atomic mass is 10.2. The molecule has 0 atom stereocenters. The number of aromatic nitrogens is 2. The van der Waals surface area contributed by atoms with Crippen molar-refractivity contribution in [3.8, 4) is 0 Å². The van der Waals surface area contributed by atoms with E-state index in [4.69, 9.17) is 11.6 Å². The molecule has 0 amide bonds. The van der Waals surface area contributed by atoms with E-state index < -0.39 is 10.0 Å². The van der Waals surface area contributed by atoms with Crippen molar-refractivity contribution in [2.24, 2.45) is 0 Å². The molecule has 6 nitrogen and oxygen atoms in total. The highest BCUT2D eigenvalue weighted by Gasteiger charge is 2.25. The molecular weight excluding hydrogens is 312 g/mol. The van der Waals surface area contributed by atoms with E-state index in [0.29, 0.717) is 17.1 Å². The molecule has 8 heteroatoms. The number of nitrogens with zero attached hydrogens (tertiary/aromatic N) is 2. The van der Waals surface area contributed by atoms with Crippen LogP contribution in [0.3, 0.4) is 0 Å². The second-order valence-corrected chi connectivity index (χ2v) is 7.06. The summed E-state index contributed by atoms with van der Waals surface area (Å²) in [5, 5.41) is 10.0. The SMILES string of the molecule is CNCc1cn[nH]c1S(=O)(=O)N(C)Cc1ccc(Cl)cc1. The molecule has 1 aromatic heterocycles. The molecule has 0 bridgehead atoms. The van der Waals surface area contributed by atoms with E-state index in [1.807, 2.05) is 0 Å². The Bertz CT molecular complexity index is 697. The molecule has 1 heterocycles. The molecule has 2 N–H and O–H groups in total. The number of aromatic amines is 1. The number of H-pyrrole nitrogens is 1. The summed E-state index contributed by atoms with van der Waals surface area (Å²) < 4.78 is 26.4. The van der Waals surface area contributed by atoms with Gasteiger partial charge < -0.3 is 5.32 Å². The monoisotopic (exact) mass is 328 g/mol. The predicted molar refractivity (Wildman–Crippen MR) is 81.5 cm³/mol. The Labute approximate surface area is 129 Å². The van der Waals surface area contributed by atoms with E-state index >= 15 is 0 Å². The van der Waals surface area contributed by atoms with Crippen molar-refractivity contribution in [1.82, 2.24) is 19.8 Å². The Morgan fingerprint density at radius 1 is 1.33 bits per heavy atom. The molecule has 2 rings (SSSR count). The normalized spacial score (nSPS) is 12.0. The van der Waals surface area contributed by atoms with Gasteiger partial charge in [-0.1, -0.05) is 23.7 Å². The number of halogens is 1. The minimum absolute atomic E-state index is 0.119. The Hall–Kier alpha value is -1.41. The van der Waals surface area contributed by atoms with Crippen molar-refractivity contribution < 1.29 is 8.42 Å². The van der Waals surface area contributed by atoms with Crippen LogP contribution in [0.25, 0.3) is 0 Å². The van der Waals surface area contributed by atoms with Gasteiger partial charge in [-0.25, -0.2) is 8.42 Å². The van der Waals surface area contributed by atoms with Crippen LogP contribution in [0.1, 0.15) is 11.1 Å². The van der Waals surface area contributed by atoms with Crippen LogP contribution < -0.4 is 5.32 Å². The first-order valence-corrected chi connectivity index (χ1v) is 8.14. The first kappa shape index (κ1) is 16.0. The Kier molecular flexibility index (Phi) is 5.00. The molecule has 0 saturated carbocycles. The van der Waals surface area contributed by atoms with Gasteiger partial charge >= 0.3 is 0 Å². The van der Waals surface area contributed by atoms with Gasteiger partial charge in [-0.15, -0.1) is 0 Å². The molecule has 0 aliphatic carbocycles. The van der Waals surface area contributed by atoms with Gasteiger partial charge in [0.2, 0.25) is 0 Å². The van der Waals surface area contributed by atoms with Gasteiger partial charge in [0.25, 0.3) is 10.0 Å². The number of hydrogen-bond donors (Lipinski definition) is 2. The molecule has 1 aromatic carbocycles. The van der Waals surface area contributed by atoms with Gasteiger partial charge in [0.05, 0.1) is 6.20 Å². The van der Waals surface area contributed by atoms with Crippen molar-refractivity contribution in [3.63, 3.8) is 0 Å². The molecule has 0 fully saturated rings. The largest absolute Gasteiger partial charge is 0.316 e. The highest BCUT2D eigenvalue weighted by atomic mass is 35.5. The first-order chi connectivity index (χ1) is 9.95. The number of nitrogens with one attached hydrogen (secondary N) is 2. The smallest absolute Gasteiger partial charge is 0.260 e. The maximum atomic E-state index is 12.6. The molecule has 0 saturated heterocycles. The minimum Gasteiger partial charge on any atom is -0.316 e. The number of hydrogen-bond acceptors (Lipinski definition) is 4. The second kappa shape index (κ2) is 6.57. The van der Waals surface area contributed by atoms with Crippen LogP contribution in [-0.4, -0.2) is 37.0 Å². The molecule has 2 aromatic rings. The van der Waals surface area contributed by atoms with Crippen LogP contribution in [0.15, 0.2) is 35.5 Å². The van der Waals surface area contributed by atoms with Gasteiger partial charge in [-0.05, 0) is 24.7 Å². The van der Waals surface area contributed by atoms with Gasteiger partial charge in [-0.2, -0.15) is 9.40 Å². The minimum atomic E-state index is -3.61. The lowest BCUT2D eigenvalue weighted by Gasteiger charge is -2.17. The second-order valence-electron chi connectivity index (χ2n) is 4.64. The van der Waals surface area contributed by atoms with Crippen molar-refractivity contribution >= 4 is 21.6 Å². The molecule has 0 unspecified atom stereocenters. The van der Waals surface area contributed by atoms with E-state index in [1.54, 1.807) is 31.3 Å². The summed E-state index contributed by atoms with van der Waals surface area (Å²) in [4.78, 5) is 0. The number of benzene rings is 1. The highest BCUT2D eigenvalue weighted by Crippen LogP contribution is 2.19. The zero-order valence-electron chi connectivity index (χ0n) is 11.8. The van der Waals surface area contributed by atoms with Gasteiger partial charge in [0, 0.05) is 30.7 Å². The third kappa shape index (κ3) is 3.62. The third-order valence-corrected chi connectivity index (χ3v) is 5.10. The van der Waals surface area contributed by atoms with E-state index in [1.165, 1.54) is 17.5 Å². The predicted octanol–water partition coefficient (Wildman–Crippen LogP) is 1.60. The quantitative estimate of drug-likeness (QED) is 0.844. The van der Waals surface area contributed by atoms with Gasteiger partial charge in [0.1, 0.15) is 0 Å². The fourth-order valence-electron chi connectivity index (χ4n) is 1.93. The maximum Gasteiger partial charge on any atom is 0.260 e. The highest BCUT2D eigenvalue weighted by molar-refractivity contribution is 7.89. The molecule has 114 valence electrons. The summed E-state index contributed by atoms with van der Waals surface area (Å²) in [5.74, 6) is 0. The molecule has 0 aliphatic heterocycles. The standard InChI is InChI=1S/C13H17ClN4O2S/c1-15-7-11-8-16-17-13(11)21(19,20)18(2)9-10-3-5-12(14)6-4-10/h3-6,8,15H,7,9H2,1-2H3,(H,16,17). The van der Waals surface area contributed by atoms with Crippen LogP contribution >= 0.6 is 11.6 Å². The van der Waals surface area contributed by atoms with E-state index in [-0.39, 0.29) is 11.6 Å². The molecule has 0 spiro atoms. The topological polar surface area (TPSA) is 78.1 Å². The Morgan fingerprint density at radius 2 is 2.00 bits per heavy atom. The van der Waals surface area contributed by atoms with Crippen molar-refractivity contribution in [1.29, 1.82) is 0 Å².